The number of hydrogen-bond acceptors (Lipinski definition) is 3. The normalized spacial score (nSPS) is 16.4. The van der Waals surface area contributed by atoms with Gasteiger partial charge < -0.3 is 9.84 Å². The van der Waals surface area contributed by atoms with Crippen molar-refractivity contribution in [2.45, 2.75) is 19.1 Å². The lowest BCUT2D eigenvalue weighted by Gasteiger charge is -2.34. The fraction of sp³-hybridized carbons (Fsp3) is 0.222. The Morgan fingerprint density at radius 3 is 2.67 bits per heavy atom. The van der Waals surface area contributed by atoms with Crippen molar-refractivity contribution >= 4 is 28.0 Å². The predicted octanol–water partition coefficient (Wildman–Crippen LogP) is 3.77. The first kappa shape index (κ1) is 16.5. The molecule has 24 heavy (non-hydrogen) atoms. The van der Waals surface area contributed by atoms with Gasteiger partial charge in [-0.2, -0.15) is 0 Å². The zero-order valence-electron chi connectivity index (χ0n) is 12.8. The van der Waals surface area contributed by atoms with Gasteiger partial charge in [0, 0.05) is 11.0 Å². The van der Waals surface area contributed by atoms with E-state index in [1.165, 1.54) is 4.90 Å². The smallest absolute Gasteiger partial charge is 0.411 e. The number of carboxylic acids is 1. The first-order valence-corrected chi connectivity index (χ1v) is 8.34. The van der Waals surface area contributed by atoms with E-state index < -0.39 is 18.1 Å². The van der Waals surface area contributed by atoms with Crippen LogP contribution in [-0.2, 0) is 22.6 Å². The molecule has 1 heterocycles. The molecule has 1 amide bonds. The molecule has 1 aliphatic heterocycles. The van der Waals surface area contributed by atoms with E-state index in [0.29, 0.717) is 18.5 Å². The second-order valence-corrected chi connectivity index (χ2v) is 6.48. The lowest BCUT2D eigenvalue weighted by molar-refractivity contribution is -0.143. The Hall–Kier alpha value is -2.34. The number of amides is 1. The van der Waals surface area contributed by atoms with E-state index in [0.717, 1.165) is 15.6 Å². The molecule has 6 heteroatoms. The fourth-order valence-corrected chi connectivity index (χ4v) is 3.23. The molecule has 0 radical (unpaired) electrons. The van der Waals surface area contributed by atoms with Crippen LogP contribution >= 0.6 is 15.9 Å². The van der Waals surface area contributed by atoms with Crippen molar-refractivity contribution in [2.24, 2.45) is 0 Å². The molecule has 1 unspecified atom stereocenters. The van der Waals surface area contributed by atoms with E-state index in [1.807, 2.05) is 42.5 Å². The van der Waals surface area contributed by atoms with Gasteiger partial charge >= 0.3 is 12.1 Å². The molecule has 0 aromatic heterocycles. The van der Waals surface area contributed by atoms with Crippen LogP contribution in [0.15, 0.2) is 53.0 Å². The molecule has 0 bridgehead atoms. The minimum atomic E-state index is -1.06. The molecule has 1 atom stereocenters. The highest BCUT2D eigenvalue weighted by atomic mass is 79.9. The van der Waals surface area contributed by atoms with Gasteiger partial charge in [0.05, 0.1) is 0 Å². The second-order valence-electron chi connectivity index (χ2n) is 5.57. The molecule has 0 aliphatic carbocycles. The van der Waals surface area contributed by atoms with Crippen molar-refractivity contribution in [3.05, 3.63) is 69.7 Å². The van der Waals surface area contributed by atoms with Gasteiger partial charge in [0.15, 0.2) is 6.04 Å². The van der Waals surface area contributed by atoms with E-state index >= 15 is 0 Å². The highest BCUT2D eigenvalue weighted by molar-refractivity contribution is 9.10. The molecule has 2 aromatic carbocycles. The first-order chi connectivity index (χ1) is 11.6. The van der Waals surface area contributed by atoms with Crippen molar-refractivity contribution in [2.75, 3.05) is 6.54 Å². The Morgan fingerprint density at radius 2 is 1.96 bits per heavy atom. The van der Waals surface area contributed by atoms with Crippen LogP contribution < -0.4 is 0 Å². The van der Waals surface area contributed by atoms with Gasteiger partial charge in [0.25, 0.3) is 0 Å². The quantitative estimate of drug-likeness (QED) is 0.867. The summed E-state index contributed by atoms with van der Waals surface area (Å²) in [6.07, 6.45) is -0.0100. The summed E-state index contributed by atoms with van der Waals surface area (Å²) >= 11 is 3.36. The summed E-state index contributed by atoms with van der Waals surface area (Å²) in [5.74, 6) is -1.06. The number of benzene rings is 2. The van der Waals surface area contributed by atoms with Crippen LogP contribution in [0, 0.1) is 0 Å². The molecular weight excluding hydrogens is 374 g/mol. The zero-order valence-corrected chi connectivity index (χ0v) is 14.4. The molecular formula is C18H16BrNO4. The van der Waals surface area contributed by atoms with Gasteiger partial charge in [-0.3, -0.25) is 4.90 Å². The summed E-state index contributed by atoms with van der Waals surface area (Å²) < 4.78 is 6.09. The third-order valence-electron chi connectivity index (χ3n) is 4.01. The number of aliphatic carboxylic acids is 1. The zero-order chi connectivity index (χ0) is 17.1. The number of carboxylic acid groups (broad SMARTS) is 1. The van der Waals surface area contributed by atoms with E-state index in [2.05, 4.69) is 15.9 Å². The monoisotopic (exact) mass is 389 g/mol. The fourth-order valence-electron chi connectivity index (χ4n) is 2.85. The Morgan fingerprint density at radius 1 is 1.21 bits per heavy atom. The highest BCUT2D eigenvalue weighted by Gasteiger charge is 2.37. The summed E-state index contributed by atoms with van der Waals surface area (Å²) in [6.45, 7) is 0.438. The first-order valence-electron chi connectivity index (χ1n) is 7.54. The molecule has 124 valence electrons. The van der Waals surface area contributed by atoms with Crippen molar-refractivity contribution < 1.29 is 19.4 Å². The number of carbonyl (C=O) groups excluding carboxylic acids is 1. The summed E-state index contributed by atoms with van der Waals surface area (Å²) in [4.78, 5) is 25.4. The van der Waals surface area contributed by atoms with Crippen LogP contribution in [0.1, 0.15) is 22.7 Å². The topological polar surface area (TPSA) is 66.8 Å². The van der Waals surface area contributed by atoms with Crippen LogP contribution in [0.25, 0.3) is 0 Å². The van der Waals surface area contributed by atoms with Crippen molar-refractivity contribution in [3.8, 4) is 0 Å². The molecule has 0 fully saturated rings. The van der Waals surface area contributed by atoms with Crippen LogP contribution in [0.2, 0.25) is 0 Å². The maximum Gasteiger partial charge on any atom is 0.411 e. The van der Waals surface area contributed by atoms with Gasteiger partial charge in [-0.1, -0.05) is 52.3 Å². The number of hydrogen-bond donors (Lipinski definition) is 1. The number of fused-ring (bicyclic) bond motifs is 1. The van der Waals surface area contributed by atoms with Gasteiger partial charge in [-0.15, -0.1) is 0 Å². The lowest BCUT2D eigenvalue weighted by atomic mass is 9.93. The summed E-state index contributed by atoms with van der Waals surface area (Å²) in [5, 5.41) is 9.62. The second kappa shape index (κ2) is 7.05. The molecule has 5 nitrogen and oxygen atoms in total. The molecule has 1 aliphatic rings. The Balaban J connectivity index is 1.79. The number of ether oxygens (including phenoxy) is 1. The maximum absolute atomic E-state index is 12.4. The molecule has 1 N–H and O–H groups in total. The van der Waals surface area contributed by atoms with Crippen LogP contribution in [0.3, 0.4) is 0 Å². The Labute approximate surface area is 148 Å². The maximum atomic E-state index is 12.4. The van der Waals surface area contributed by atoms with Gasteiger partial charge in [-0.05, 0) is 35.2 Å². The average Bonchev–Trinajstić information content (AvgIpc) is 2.59. The highest BCUT2D eigenvalue weighted by Crippen LogP contribution is 2.32. The van der Waals surface area contributed by atoms with Gasteiger partial charge in [0.2, 0.25) is 0 Å². The predicted molar refractivity (Wildman–Crippen MR) is 91.6 cm³/mol. The van der Waals surface area contributed by atoms with Gasteiger partial charge in [-0.25, -0.2) is 9.59 Å². The number of carbonyl (C=O) groups is 2. The minimum Gasteiger partial charge on any atom is -0.479 e. The van der Waals surface area contributed by atoms with E-state index in [9.17, 15) is 14.7 Å². The third kappa shape index (κ3) is 3.43. The van der Waals surface area contributed by atoms with Crippen LogP contribution in [-0.4, -0.2) is 28.6 Å². The molecule has 0 saturated heterocycles. The molecule has 2 aromatic rings. The van der Waals surface area contributed by atoms with E-state index in [-0.39, 0.29) is 6.61 Å². The minimum absolute atomic E-state index is 0.119. The molecule has 0 spiro atoms. The SMILES string of the molecule is O=C(O)C1c2cc(Br)ccc2CCN1C(=O)OCc1ccccc1. The molecule has 0 saturated carbocycles. The summed E-state index contributed by atoms with van der Waals surface area (Å²) in [6, 6.07) is 13.8. The van der Waals surface area contributed by atoms with Crippen molar-refractivity contribution in [1.82, 2.24) is 4.90 Å². The largest absolute Gasteiger partial charge is 0.479 e. The van der Waals surface area contributed by atoms with E-state index in [1.54, 1.807) is 6.07 Å². The number of rotatable bonds is 3. The number of nitrogens with zero attached hydrogens (tertiary/aromatic N) is 1. The summed E-state index contributed by atoms with van der Waals surface area (Å²) in [7, 11) is 0. The summed E-state index contributed by atoms with van der Waals surface area (Å²) in [5.41, 5.74) is 2.43. The van der Waals surface area contributed by atoms with Crippen molar-refractivity contribution in [1.29, 1.82) is 0 Å². The van der Waals surface area contributed by atoms with Crippen molar-refractivity contribution in [3.63, 3.8) is 0 Å². The van der Waals surface area contributed by atoms with Gasteiger partial charge in [0.1, 0.15) is 6.61 Å². The molecule has 3 rings (SSSR count). The van der Waals surface area contributed by atoms with Crippen LogP contribution in [0.4, 0.5) is 4.79 Å². The third-order valence-corrected chi connectivity index (χ3v) is 4.50. The van der Waals surface area contributed by atoms with Crippen LogP contribution in [0.5, 0.6) is 0 Å². The lowest BCUT2D eigenvalue weighted by Crippen LogP contribution is -2.43. The Kier molecular flexibility index (Phi) is 4.85. The average molecular weight is 390 g/mol. The number of halogens is 1. The van der Waals surface area contributed by atoms with E-state index in [4.69, 9.17) is 4.74 Å². The Bertz CT molecular complexity index is 763. The standard InChI is InChI=1S/C18H16BrNO4/c19-14-7-6-13-8-9-20(16(17(21)22)15(13)10-14)18(23)24-11-12-4-2-1-3-5-12/h1-7,10,16H,8-9,11H2,(H,21,22).